The lowest BCUT2D eigenvalue weighted by molar-refractivity contribution is -0.167. The maximum absolute atomic E-state index is 12.9. The Morgan fingerprint density at radius 2 is 0.481 bits per heavy atom. The van der Waals surface area contributed by atoms with E-state index in [0.717, 1.165) is 135 Å². The summed E-state index contributed by atoms with van der Waals surface area (Å²) in [5.74, 6) is -0.900. The van der Waals surface area contributed by atoms with Crippen molar-refractivity contribution >= 4 is 17.9 Å². The number of carbonyl (C=O) groups is 3. The molecule has 0 saturated carbocycles. The summed E-state index contributed by atoms with van der Waals surface area (Å²) in [5, 5.41) is 0. The van der Waals surface area contributed by atoms with Crippen LogP contribution in [0, 0.1) is 0 Å². The molecule has 0 heterocycles. The van der Waals surface area contributed by atoms with Crippen molar-refractivity contribution in [3.63, 3.8) is 0 Å². The van der Waals surface area contributed by atoms with E-state index in [0.29, 0.717) is 19.3 Å². The monoisotopic (exact) mass is 1120 g/mol. The highest BCUT2D eigenvalue weighted by molar-refractivity contribution is 5.71. The van der Waals surface area contributed by atoms with Crippen molar-refractivity contribution in [2.45, 2.75) is 322 Å². The molecule has 0 amide bonds. The van der Waals surface area contributed by atoms with Crippen molar-refractivity contribution in [1.82, 2.24) is 0 Å². The van der Waals surface area contributed by atoms with Crippen molar-refractivity contribution in [1.29, 1.82) is 0 Å². The Morgan fingerprint density at radius 1 is 0.259 bits per heavy atom. The zero-order valence-corrected chi connectivity index (χ0v) is 53.0. The zero-order chi connectivity index (χ0) is 58.5. The first-order valence-electron chi connectivity index (χ1n) is 34.0. The van der Waals surface area contributed by atoms with Crippen LogP contribution in [-0.2, 0) is 28.6 Å². The number of unbranched alkanes of at least 4 members (excludes halogenated alkanes) is 30. The van der Waals surface area contributed by atoms with Crippen molar-refractivity contribution in [3.8, 4) is 0 Å². The molecule has 0 aliphatic heterocycles. The van der Waals surface area contributed by atoms with Crippen LogP contribution in [0.4, 0.5) is 0 Å². The van der Waals surface area contributed by atoms with E-state index in [4.69, 9.17) is 14.2 Å². The quantitative estimate of drug-likeness (QED) is 0.0261. The van der Waals surface area contributed by atoms with E-state index in [1.54, 1.807) is 0 Å². The third kappa shape index (κ3) is 66.5. The molecule has 0 aromatic rings. The topological polar surface area (TPSA) is 78.9 Å². The summed E-state index contributed by atoms with van der Waals surface area (Å²) in [6, 6.07) is 0. The van der Waals surface area contributed by atoms with Crippen LogP contribution in [0.5, 0.6) is 0 Å². The van der Waals surface area contributed by atoms with Crippen molar-refractivity contribution in [2.24, 2.45) is 0 Å². The number of allylic oxidation sites excluding steroid dienone is 20. The molecule has 6 nitrogen and oxygen atoms in total. The van der Waals surface area contributed by atoms with Crippen molar-refractivity contribution < 1.29 is 28.6 Å². The van der Waals surface area contributed by atoms with E-state index in [1.165, 1.54) is 141 Å². The normalized spacial score (nSPS) is 12.9. The number of hydrogen-bond donors (Lipinski definition) is 0. The average Bonchev–Trinajstić information content (AvgIpc) is 3.46. The maximum Gasteiger partial charge on any atom is 0.306 e. The van der Waals surface area contributed by atoms with Crippen LogP contribution >= 0.6 is 0 Å². The molecule has 0 spiro atoms. The minimum absolute atomic E-state index is 0.0858. The van der Waals surface area contributed by atoms with Crippen molar-refractivity contribution in [3.05, 3.63) is 122 Å². The molecule has 6 heteroatoms. The van der Waals surface area contributed by atoms with Gasteiger partial charge in [0.05, 0.1) is 0 Å². The van der Waals surface area contributed by atoms with Gasteiger partial charge in [0.1, 0.15) is 13.2 Å². The Kier molecular flexibility index (Phi) is 64.8. The fourth-order valence-electron chi connectivity index (χ4n) is 9.44. The molecule has 81 heavy (non-hydrogen) atoms. The van der Waals surface area contributed by atoms with Gasteiger partial charge in [-0.2, -0.15) is 0 Å². The first-order valence-corrected chi connectivity index (χ1v) is 34.0. The van der Waals surface area contributed by atoms with Gasteiger partial charge in [-0.1, -0.05) is 309 Å². The molecule has 0 aromatic heterocycles. The highest BCUT2D eigenvalue weighted by Crippen LogP contribution is 2.17. The van der Waals surface area contributed by atoms with Crippen LogP contribution in [0.2, 0.25) is 0 Å². The van der Waals surface area contributed by atoms with E-state index in [2.05, 4.69) is 142 Å². The lowest BCUT2D eigenvalue weighted by Gasteiger charge is -2.18. The first kappa shape index (κ1) is 76.8. The predicted molar refractivity (Wildman–Crippen MR) is 353 cm³/mol. The zero-order valence-electron chi connectivity index (χ0n) is 53.0. The number of esters is 3. The second-order valence-corrected chi connectivity index (χ2v) is 22.3. The van der Waals surface area contributed by atoms with Crippen LogP contribution in [0.15, 0.2) is 122 Å². The third-order valence-electron chi connectivity index (χ3n) is 14.5. The van der Waals surface area contributed by atoms with Crippen LogP contribution in [0.1, 0.15) is 316 Å². The molecule has 462 valence electrons. The molecule has 0 N–H and O–H groups in total. The Morgan fingerprint density at radius 3 is 0.753 bits per heavy atom. The molecule has 0 radical (unpaired) electrons. The summed E-state index contributed by atoms with van der Waals surface area (Å²) in [6.07, 6.45) is 95.1. The molecule has 1 unspecified atom stereocenters. The van der Waals surface area contributed by atoms with Gasteiger partial charge in [-0.25, -0.2) is 0 Å². The molecule has 0 aliphatic rings. The van der Waals surface area contributed by atoms with E-state index < -0.39 is 6.10 Å². The molecule has 0 fully saturated rings. The molecule has 0 bridgehead atoms. The van der Waals surface area contributed by atoms with Gasteiger partial charge in [-0.05, 0) is 109 Å². The minimum atomic E-state index is -0.792. The van der Waals surface area contributed by atoms with Gasteiger partial charge in [-0.15, -0.1) is 0 Å². The number of hydrogen-bond acceptors (Lipinski definition) is 6. The molecule has 1 atom stereocenters. The second kappa shape index (κ2) is 68.3. The number of ether oxygens (including phenoxy) is 3. The van der Waals surface area contributed by atoms with E-state index in [1.807, 2.05) is 0 Å². The van der Waals surface area contributed by atoms with Crippen molar-refractivity contribution in [2.75, 3.05) is 13.2 Å². The minimum Gasteiger partial charge on any atom is -0.462 e. The summed E-state index contributed by atoms with van der Waals surface area (Å²) in [4.78, 5) is 38.3. The number of rotatable bonds is 61. The molecule has 0 saturated heterocycles. The highest BCUT2D eigenvalue weighted by atomic mass is 16.6. The predicted octanol–water partition coefficient (Wildman–Crippen LogP) is 23.6. The highest BCUT2D eigenvalue weighted by Gasteiger charge is 2.19. The van der Waals surface area contributed by atoms with Crippen LogP contribution in [-0.4, -0.2) is 37.2 Å². The van der Waals surface area contributed by atoms with Crippen LogP contribution < -0.4 is 0 Å². The van der Waals surface area contributed by atoms with Gasteiger partial charge >= 0.3 is 17.9 Å². The smallest absolute Gasteiger partial charge is 0.306 e. The van der Waals surface area contributed by atoms with Gasteiger partial charge in [-0.3, -0.25) is 14.4 Å². The van der Waals surface area contributed by atoms with Gasteiger partial charge in [0.25, 0.3) is 0 Å². The summed E-state index contributed by atoms with van der Waals surface area (Å²) in [7, 11) is 0. The summed E-state index contributed by atoms with van der Waals surface area (Å²) < 4.78 is 16.9. The summed E-state index contributed by atoms with van der Waals surface area (Å²) in [5.41, 5.74) is 0. The lowest BCUT2D eigenvalue weighted by atomic mass is 10.0. The molecule has 0 aromatic carbocycles. The van der Waals surface area contributed by atoms with Gasteiger partial charge < -0.3 is 14.2 Å². The van der Waals surface area contributed by atoms with E-state index in [-0.39, 0.29) is 31.1 Å². The SMILES string of the molecule is CC/C=C\C/C=C\C/C=C\C/C=C\C/C=C\C/C=C\CCCCCCCCCCCCCCCCC(=O)OCC(COC(=O)CCCCCCCCCCCCCCC)OC(=O)CCCCCC/C=C\C/C=C\C/C=C\C/C=C\CC. The molecular weight excluding hydrogens is 997 g/mol. The Hall–Kier alpha value is -4.19. The van der Waals surface area contributed by atoms with Gasteiger partial charge in [0.15, 0.2) is 6.10 Å². The lowest BCUT2D eigenvalue weighted by Crippen LogP contribution is -2.30. The van der Waals surface area contributed by atoms with E-state index >= 15 is 0 Å². The Labute approximate surface area is 501 Å². The molecular formula is C75H126O6. The largest absolute Gasteiger partial charge is 0.462 e. The first-order chi connectivity index (χ1) is 40.0. The third-order valence-corrected chi connectivity index (χ3v) is 14.5. The fourth-order valence-corrected chi connectivity index (χ4v) is 9.44. The second-order valence-electron chi connectivity index (χ2n) is 22.3. The maximum atomic E-state index is 12.9. The van der Waals surface area contributed by atoms with E-state index in [9.17, 15) is 14.4 Å². The van der Waals surface area contributed by atoms with Gasteiger partial charge in [0, 0.05) is 19.3 Å². The molecule has 0 aliphatic carbocycles. The fraction of sp³-hybridized carbons (Fsp3) is 0.693. The standard InChI is InChI=1S/C75H126O6/c1-4-7-10-13-16-19-22-25-27-29-30-31-32-33-34-35-36-37-38-39-40-41-42-43-44-46-47-50-53-56-59-62-65-68-74(77)80-71-72(70-79-73(76)67-64-61-58-55-52-49-24-21-18-15-12-9-6-3)81-75(78)69-66-63-60-57-54-51-48-45-28-26-23-20-17-14-11-8-5-2/h7-8,10-11,16-17,19-20,25-28,30-31,33-34,36-37,48,51,72H,4-6,9,12-15,18,21-24,29,32,35,38-47,49-50,52-71H2,1-3H3/b10-7-,11-8-,19-16-,20-17-,27-25-,28-26-,31-30-,34-33-,37-36-,51-48-. The Bertz CT molecular complexity index is 1670. The summed E-state index contributed by atoms with van der Waals surface area (Å²) in [6.45, 7) is 6.41. The van der Waals surface area contributed by atoms with Crippen LogP contribution in [0.25, 0.3) is 0 Å². The Balaban J connectivity index is 4.23. The summed E-state index contributed by atoms with van der Waals surface area (Å²) >= 11 is 0. The number of carbonyl (C=O) groups excluding carboxylic acids is 3. The average molecular weight is 1120 g/mol. The van der Waals surface area contributed by atoms with Crippen LogP contribution in [0.3, 0.4) is 0 Å². The molecule has 0 rings (SSSR count). The van der Waals surface area contributed by atoms with Gasteiger partial charge in [0.2, 0.25) is 0 Å².